The highest BCUT2D eigenvalue weighted by molar-refractivity contribution is 5.40. The molecular weight excluding hydrogens is 172 g/mol. The molecule has 0 amide bonds. The molecule has 1 aliphatic carbocycles. The van der Waals surface area contributed by atoms with E-state index in [0.29, 0.717) is 0 Å². The third kappa shape index (κ3) is 2.48. The Bertz CT molecular complexity index is 292. The predicted molar refractivity (Wildman–Crippen MR) is 59.9 cm³/mol. The number of nitrogens with one attached hydrogen (secondary N) is 1. The summed E-state index contributed by atoms with van der Waals surface area (Å²) in [7, 11) is 0. The van der Waals surface area contributed by atoms with Crippen molar-refractivity contribution in [1.82, 2.24) is 5.32 Å². The number of hydrogen-bond donors (Lipinski definition) is 2. The molecule has 0 unspecified atom stereocenters. The second-order valence-electron chi connectivity index (χ2n) is 4.17. The third-order valence-electron chi connectivity index (χ3n) is 2.94. The molecule has 2 heteroatoms. The molecule has 3 N–H and O–H groups in total. The van der Waals surface area contributed by atoms with Crippen molar-refractivity contribution in [1.29, 1.82) is 0 Å². The number of rotatable bonds is 4. The molecule has 1 aromatic rings. The van der Waals surface area contributed by atoms with Gasteiger partial charge < -0.3 is 11.1 Å². The Morgan fingerprint density at radius 2 is 2.21 bits per heavy atom. The Hall–Kier alpha value is -1.02. The molecule has 76 valence electrons. The summed E-state index contributed by atoms with van der Waals surface area (Å²) in [4.78, 5) is 0. The molecule has 1 saturated carbocycles. The molecule has 1 fully saturated rings. The smallest absolute Gasteiger partial charge is 0.0317 e. The first-order chi connectivity index (χ1) is 6.84. The summed E-state index contributed by atoms with van der Waals surface area (Å²) >= 11 is 0. The van der Waals surface area contributed by atoms with Crippen LogP contribution in [0.1, 0.15) is 24.8 Å². The Morgan fingerprint density at radius 3 is 2.86 bits per heavy atom. The van der Waals surface area contributed by atoms with Gasteiger partial charge in [-0.3, -0.25) is 0 Å². The van der Waals surface area contributed by atoms with Crippen LogP contribution in [0.15, 0.2) is 24.3 Å². The highest BCUT2D eigenvalue weighted by Gasteiger charge is 2.16. The molecule has 0 saturated heterocycles. The fraction of sp³-hybridized carbons (Fsp3) is 0.500. The van der Waals surface area contributed by atoms with Crippen molar-refractivity contribution >= 4 is 5.69 Å². The van der Waals surface area contributed by atoms with Crippen LogP contribution in [0.25, 0.3) is 0 Å². The predicted octanol–water partition coefficient (Wildman–Crippen LogP) is 2.16. The standard InChI is InChI=1S/C12H18N2/c13-12-6-2-5-11(7-12)9-14-8-10-3-1-4-10/h2,5-7,10,14H,1,3-4,8-9,13H2. The van der Waals surface area contributed by atoms with Gasteiger partial charge in [0.25, 0.3) is 0 Å². The Labute approximate surface area is 85.5 Å². The minimum Gasteiger partial charge on any atom is -0.399 e. The molecule has 0 heterocycles. The third-order valence-corrected chi connectivity index (χ3v) is 2.94. The van der Waals surface area contributed by atoms with E-state index in [-0.39, 0.29) is 0 Å². The molecule has 0 radical (unpaired) electrons. The Kier molecular flexibility index (Phi) is 3.04. The maximum absolute atomic E-state index is 5.70. The van der Waals surface area contributed by atoms with Gasteiger partial charge in [0.15, 0.2) is 0 Å². The number of anilines is 1. The van der Waals surface area contributed by atoms with E-state index in [2.05, 4.69) is 11.4 Å². The number of nitrogen functional groups attached to an aromatic ring is 1. The average Bonchev–Trinajstić information content (AvgIpc) is 2.09. The summed E-state index contributed by atoms with van der Waals surface area (Å²) in [5, 5.41) is 3.48. The second kappa shape index (κ2) is 4.47. The second-order valence-corrected chi connectivity index (χ2v) is 4.17. The van der Waals surface area contributed by atoms with E-state index in [1.165, 1.54) is 24.8 Å². The van der Waals surface area contributed by atoms with Crippen LogP contribution in [0.2, 0.25) is 0 Å². The van der Waals surface area contributed by atoms with Gasteiger partial charge in [-0.1, -0.05) is 18.6 Å². The molecule has 1 aliphatic rings. The van der Waals surface area contributed by atoms with Crippen LogP contribution in [0, 0.1) is 5.92 Å². The molecule has 2 rings (SSSR count). The minimum absolute atomic E-state index is 0.855. The van der Waals surface area contributed by atoms with Crippen LogP contribution in [-0.2, 0) is 6.54 Å². The lowest BCUT2D eigenvalue weighted by molar-refractivity contribution is 0.301. The van der Waals surface area contributed by atoms with Gasteiger partial charge in [0, 0.05) is 12.2 Å². The van der Waals surface area contributed by atoms with Crippen LogP contribution < -0.4 is 11.1 Å². The van der Waals surface area contributed by atoms with Gasteiger partial charge in [0.05, 0.1) is 0 Å². The monoisotopic (exact) mass is 190 g/mol. The lowest BCUT2D eigenvalue weighted by atomic mass is 9.85. The van der Waals surface area contributed by atoms with Crippen LogP contribution >= 0.6 is 0 Å². The SMILES string of the molecule is Nc1cccc(CNCC2CCC2)c1. The zero-order chi connectivity index (χ0) is 9.80. The largest absolute Gasteiger partial charge is 0.399 e. The van der Waals surface area contributed by atoms with Gasteiger partial charge in [0.1, 0.15) is 0 Å². The summed E-state index contributed by atoms with van der Waals surface area (Å²) in [6, 6.07) is 8.09. The van der Waals surface area contributed by atoms with Crippen LogP contribution in [-0.4, -0.2) is 6.54 Å². The fourth-order valence-electron chi connectivity index (χ4n) is 1.82. The molecule has 0 spiro atoms. The quantitative estimate of drug-likeness (QED) is 0.714. The lowest BCUT2D eigenvalue weighted by Gasteiger charge is -2.25. The van der Waals surface area contributed by atoms with E-state index < -0.39 is 0 Å². The minimum atomic E-state index is 0.855. The number of nitrogens with two attached hydrogens (primary N) is 1. The fourth-order valence-corrected chi connectivity index (χ4v) is 1.82. The first-order valence-corrected chi connectivity index (χ1v) is 5.40. The normalized spacial score (nSPS) is 16.6. The summed E-state index contributed by atoms with van der Waals surface area (Å²) < 4.78 is 0. The molecule has 0 aromatic heterocycles. The molecule has 0 atom stereocenters. The van der Waals surface area contributed by atoms with Crippen molar-refractivity contribution in [3.8, 4) is 0 Å². The molecule has 0 bridgehead atoms. The van der Waals surface area contributed by atoms with E-state index in [1.807, 2.05) is 18.2 Å². The number of hydrogen-bond acceptors (Lipinski definition) is 2. The Balaban J connectivity index is 1.74. The van der Waals surface area contributed by atoms with Gasteiger partial charge in [0.2, 0.25) is 0 Å². The summed E-state index contributed by atoms with van der Waals surface area (Å²) in [5.41, 5.74) is 7.84. The van der Waals surface area contributed by atoms with E-state index in [9.17, 15) is 0 Å². The van der Waals surface area contributed by atoms with Crippen molar-refractivity contribution in [2.45, 2.75) is 25.8 Å². The van der Waals surface area contributed by atoms with Gasteiger partial charge in [-0.25, -0.2) is 0 Å². The van der Waals surface area contributed by atoms with E-state index in [1.54, 1.807) is 0 Å². The summed E-state index contributed by atoms with van der Waals surface area (Å²) in [6.07, 6.45) is 4.23. The topological polar surface area (TPSA) is 38.0 Å². The maximum Gasteiger partial charge on any atom is 0.0317 e. The van der Waals surface area contributed by atoms with Crippen LogP contribution in [0.4, 0.5) is 5.69 Å². The van der Waals surface area contributed by atoms with Crippen molar-refractivity contribution in [3.63, 3.8) is 0 Å². The Morgan fingerprint density at radius 1 is 1.36 bits per heavy atom. The van der Waals surface area contributed by atoms with Gasteiger partial charge >= 0.3 is 0 Å². The first kappa shape index (κ1) is 9.53. The van der Waals surface area contributed by atoms with Gasteiger partial charge in [-0.05, 0) is 43.0 Å². The van der Waals surface area contributed by atoms with E-state index >= 15 is 0 Å². The van der Waals surface area contributed by atoms with Gasteiger partial charge in [-0.15, -0.1) is 0 Å². The number of benzene rings is 1. The summed E-state index contributed by atoms with van der Waals surface area (Å²) in [5.74, 6) is 0.927. The van der Waals surface area contributed by atoms with Crippen molar-refractivity contribution in [2.75, 3.05) is 12.3 Å². The molecule has 14 heavy (non-hydrogen) atoms. The highest BCUT2D eigenvalue weighted by Crippen LogP contribution is 2.25. The van der Waals surface area contributed by atoms with Crippen molar-refractivity contribution < 1.29 is 0 Å². The van der Waals surface area contributed by atoms with Crippen LogP contribution in [0.5, 0.6) is 0 Å². The van der Waals surface area contributed by atoms with E-state index in [4.69, 9.17) is 5.73 Å². The van der Waals surface area contributed by atoms with Gasteiger partial charge in [-0.2, -0.15) is 0 Å². The molecule has 1 aromatic carbocycles. The maximum atomic E-state index is 5.70. The first-order valence-electron chi connectivity index (χ1n) is 5.40. The average molecular weight is 190 g/mol. The molecular formula is C12H18N2. The zero-order valence-electron chi connectivity index (χ0n) is 8.50. The van der Waals surface area contributed by atoms with Crippen molar-refractivity contribution in [3.05, 3.63) is 29.8 Å². The highest BCUT2D eigenvalue weighted by atomic mass is 14.9. The van der Waals surface area contributed by atoms with Crippen molar-refractivity contribution in [2.24, 2.45) is 5.92 Å². The molecule has 2 nitrogen and oxygen atoms in total. The summed E-state index contributed by atoms with van der Waals surface area (Å²) in [6.45, 7) is 2.11. The molecule has 0 aliphatic heterocycles. The lowest BCUT2D eigenvalue weighted by Crippen LogP contribution is -2.26. The zero-order valence-corrected chi connectivity index (χ0v) is 8.50. The van der Waals surface area contributed by atoms with E-state index in [0.717, 1.165) is 24.7 Å². The van der Waals surface area contributed by atoms with Crippen LogP contribution in [0.3, 0.4) is 0 Å².